The van der Waals surface area contributed by atoms with Gasteiger partial charge in [0.15, 0.2) is 17.3 Å². The smallest absolute Gasteiger partial charge is 0.186 e. The molecule has 0 aliphatic rings. The molecule has 0 heterocycles. The normalized spacial score (nSPS) is 10.8. The number of aromatic hydroxyl groups is 4. The molecular formula is C15H12O5. The summed E-state index contributed by atoms with van der Waals surface area (Å²) < 4.78 is 0. The van der Waals surface area contributed by atoms with Crippen LogP contribution < -0.4 is 0 Å². The zero-order valence-corrected chi connectivity index (χ0v) is 10.3. The maximum atomic E-state index is 11.9. The zero-order chi connectivity index (χ0) is 14.7. The molecule has 20 heavy (non-hydrogen) atoms. The highest BCUT2D eigenvalue weighted by Gasteiger charge is 2.06. The first-order chi connectivity index (χ1) is 9.45. The minimum atomic E-state index is -0.413. The molecule has 0 aliphatic heterocycles. The fourth-order valence-electron chi connectivity index (χ4n) is 1.65. The highest BCUT2D eigenvalue weighted by Crippen LogP contribution is 2.25. The third-order valence-electron chi connectivity index (χ3n) is 2.61. The number of ketones is 1. The van der Waals surface area contributed by atoms with E-state index in [0.717, 1.165) is 6.07 Å². The van der Waals surface area contributed by atoms with E-state index in [2.05, 4.69) is 0 Å². The van der Waals surface area contributed by atoms with Crippen LogP contribution in [-0.4, -0.2) is 26.2 Å². The summed E-state index contributed by atoms with van der Waals surface area (Å²) in [6.07, 6.45) is 2.68. The molecule has 102 valence electrons. The molecule has 0 fully saturated rings. The van der Waals surface area contributed by atoms with Crippen molar-refractivity contribution >= 4 is 11.9 Å². The summed E-state index contributed by atoms with van der Waals surface area (Å²) in [6.45, 7) is 0. The number of hydrogen-bond donors (Lipinski definition) is 4. The van der Waals surface area contributed by atoms with Gasteiger partial charge in [0.1, 0.15) is 11.5 Å². The topological polar surface area (TPSA) is 98.0 Å². The second-order valence-corrected chi connectivity index (χ2v) is 4.18. The molecule has 0 unspecified atom stereocenters. The molecule has 0 radical (unpaired) electrons. The zero-order valence-electron chi connectivity index (χ0n) is 10.3. The van der Waals surface area contributed by atoms with Crippen LogP contribution in [-0.2, 0) is 0 Å². The molecule has 2 aromatic carbocycles. The minimum Gasteiger partial charge on any atom is -0.508 e. The summed E-state index contributed by atoms with van der Waals surface area (Å²) in [5.41, 5.74) is 0.666. The van der Waals surface area contributed by atoms with Crippen molar-refractivity contribution in [3.63, 3.8) is 0 Å². The minimum absolute atomic E-state index is 0.141. The number of rotatable bonds is 3. The van der Waals surface area contributed by atoms with E-state index in [4.69, 9.17) is 5.11 Å². The SMILES string of the molecule is O=C(/C=C\c1ccc(O)c(O)c1)c1cc(O)cc(O)c1. The largest absolute Gasteiger partial charge is 0.508 e. The average Bonchev–Trinajstić information content (AvgIpc) is 2.38. The first-order valence-corrected chi connectivity index (χ1v) is 5.73. The number of carbonyl (C=O) groups is 1. The molecule has 5 nitrogen and oxygen atoms in total. The number of carbonyl (C=O) groups excluding carboxylic acids is 1. The van der Waals surface area contributed by atoms with Crippen LogP contribution in [0.15, 0.2) is 42.5 Å². The predicted molar refractivity (Wildman–Crippen MR) is 72.9 cm³/mol. The van der Waals surface area contributed by atoms with Gasteiger partial charge in [0.05, 0.1) is 0 Å². The summed E-state index contributed by atoms with van der Waals surface area (Å²) in [5.74, 6) is -1.35. The van der Waals surface area contributed by atoms with E-state index < -0.39 is 5.78 Å². The molecule has 0 saturated heterocycles. The van der Waals surface area contributed by atoms with Crippen molar-refractivity contribution in [2.75, 3.05) is 0 Å². The molecule has 0 aromatic heterocycles. The van der Waals surface area contributed by atoms with Gasteiger partial charge in [-0.25, -0.2) is 0 Å². The molecule has 0 amide bonds. The third kappa shape index (κ3) is 3.08. The maximum absolute atomic E-state index is 11.9. The molecule has 2 rings (SSSR count). The predicted octanol–water partition coefficient (Wildman–Crippen LogP) is 2.41. The second-order valence-electron chi connectivity index (χ2n) is 4.18. The lowest BCUT2D eigenvalue weighted by Gasteiger charge is -2.00. The van der Waals surface area contributed by atoms with E-state index in [1.165, 1.54) is 42.5 Å². The van der Waals surface area contributed by atoms with E-state index in [1.807, 2.05) is 0 Å². The van der Waals surface area contributed by atoms with Gasteiger partial charge in [-0.2, -0.15) is 0 Å². The van der Waals surface area contributed by atoms with Gasteiger partial charge in [-0.15, -0.1) is 0 Å². The van der Waals surface area contributed by atoms with Gasteiger partial charge in [0, 0.05) is 11.6 Å². The highest BCUT2D eigenvalue weighted by molar-refractivity contribution is 6.07. The quantitative estimate of drug-likeness (QED) is 0.391. The Bertz CT molecular complexity index is 668. The summed E-state index contributed by atoms with van der Waals surface area (Å²) in [4.78, 5) is 11.9. The van der Waals surface area contributed by atoms with Gasteiger partial charge >= 0.3 is 0 Å². The number of allylic oxidation sites excluding steroid dienone is 1. The van der Waals surface area contributed by atoms with Gasteiger partial charge in [0.2, 0.25) is 0 Å². The number of phenolic OH excluding ortho intramolecular Hbond substituents is 4. The summed E-state index contributed by atoms with van der Waals surface area (Å²) in [5, 5.41) is 37.1. The Morgan fingerprint density at radius 1 is 0.850 bits per heavy atom. The highest BCUT2D eigenvalue weighted by atomic mass is 16.3. The fourth-order valence-corrected chi connectivity index (χ4v) is 1.65. The third-order valence-corrected chi connectivity index (χ3v) is 2.61. The van der Waals surface area contributed by atoms with E-state index in [9.17, 15) is 20.1 Å². The molecule has 2 aromatic rings. The van der Waals surface area contributed by atoms with Crippen molar-refractivity contribution in [2.24, 2.45) is 0 Å². The number of phenols is 4. The molecule has 0 bridgehead atoms. The van der Waals surface area contributed by atoms with E-state index >= 15 is 0 Å². The van der Waals surface area contributed by atoms with Gasteiger partial charge in [-0.3, -0.25) is 4.79 Å². The summed E-state index contributed by atoms with van der Waals surface area (Å²) in [6, 6.07) is 7.73. The van der Waals surface area contributed by atoms with Gasteiger partial charge in [-0.1, -0.05) is 12.1 Å². The van der Waals surface area contributed by atoms with Crippen molar-refractivity contribution in [2.45, 2.75) is 0 Å². The average molecular weight is 272 g/mol. The van der Waals surface area contributed by atoms with Crippen LogP contribution in [0, 0.1) is 0 Å². The van der Waals surface area contributed by atoms with Crippen LogP contribution in [0.25, 0.3) is 6.08 Å². The van der Waals surface area contributed by atoms with Crippen molar-refractivity contribution in [1.29, 1.82) is 0 Å². The lowest BCUT2D eigenvalue weighted by Crippen LogP contribution is -1.93. The molecule has 4 N–H and O–H groups in total. The Morgan fingerprint density at radius 3 is 2.10 bits per heavy atom. The molecule has 5 heteroatoms. The summed E-state index contributed by atoms with van der Waals surface area (Å²) in [7, 11) is 0. The van der Waals surface area contributed by atoms with E-state index in [1.54, 1.807) is 0 Å². The van der Waals surface area contributed by atoms with Crippen molar-refractivity contribution in [1.82, 2.24) is 0 Å². The van der Waals surface area contributed by atoms with Crippen molar-refractivity contribution in [3.8, 4) is 23.0 Å². The molecular weight excluding hydrogens is 260 g/mol. The van der Waals surface area contributed by atoms with Crippen LogP contribution in [0.5, 0.6) is 23.0 Å². The molecule has 0 atom stereocenters. The fraction of sp³-hybridized carbons (Fsp3) is 0. The molecule has 0 saturated carbocycles. The van der Waals surface area contributed by atoms with Gasteiger partial charge in [0.25, 0.3) is 0 Å². The lowest BCUT2D eigenvalue weighted by atomic mass is 10.1. The van der Waals surface area contributed by atoms with Gasteiger partial charge < -0.3 is 20.4 Å². The number of benzene rings is 2. The van der Waals surface area contributed by atoms with Crippen LogP contribution in [0.2, 0.25) is 0 Å². The Labute approximate surface area is 114 Å². The van der Waals surface area contributed by atoms with Crippen LogP contribution >= 0.6 is 0 Å². The molecule has 0 spiro atoms. The Morgan fingerprint density at radius 2 is 1.50 bits per heavy atom. The first kappa shape index (κ1) is 13.5. The maximum Gasteiger partial charge on any atom is 0.186 e. The second kappa shape index (κ2) is 5.36. The van der Waals surface area contributed by atoms with Crippen molar-refractivity contribution < 1.29 is 25.2 Å². The van der Waals surface area contributed by atoms with Gasteiger partial charge in [-0.05, 0) is 35.9 Å². The Kier molecular flexibility index (Phi) is 3.61. The van der Waals surface area contributed by atoms with Crippen LogP contribution in [0.1, 0.15) is 15.9 Å². The van der Waals surface area contributed by atoms with Crippen LogP contribution in [0.4, 0.5) is 0 Å². The van der Waals surface area contributed by atoms with Crippen molar-refractivity contribution in [3.05, 3.63) is 53.6 Å². The Balaban J connectivity index is 2.22. The standard InChI is InChI=1S/C15H12O5/c16-11-6-10(7-12(17)8-11)13(18)3-1-9-2-4-14(19)15(20)5-9/h1-8,16-17,19-20H/b3-1-. The monoisotopic (exact) mass is 272 g/mol. The molecule has 0 aliphatic carbocycles. The lowest BCUT2D eigenvalue weighted by molar-refractivity contribution is 0.104. The van der Waals surface area contributed by atoms with E-state index in [-0.39, 0.29) is 28.6 Å². The van der Waals surface area contributed by atoms with E-state index in [0.29, 0.717) is 5.56 Å². The number of hydrogen-bond acceptors (Lipinski definition) is 5. The first-order valence-electron chi connectivity index (χ1n) is 5.73. The van der Waals surface area contributed by atoms with Crippen LogP contribution in [0.3, 0.4) is 0 Å². The Hall–Kier alpha value is -2.95. The summed E-state index contributed by atoms with van der Waals surface area (Å²) >= 11 is 0.